The highest BCUT2D eigenvalue weighted by Gasteiger charge is 2.25. The number of likely N-dealkylation sites (tertiary alicyclic amines) is 1. The van der Waals surface area contributed by atoms with E-state index in [1.807, 2.05) is 7.05 Å². The first kappa shape index (κ1) is 14.2. The summed E-state index contributed by atoms with van der Waals surface area (Å²) in [6.45, 7) is 3.87. The zero-order chi connectivity index (χ0) is 14.0. The molecule has 104 valence electrons. The maximum Gasteiger partial charge on any atom is 0.156 e. The molecule has 1 aromatic heterocycles. The molecule has 1 aromatic rings. The van der Waals surface area contributed by atoms with Crippen LogP contribution in [0, 0.1) is 6.92 Å². The molecule has 1 aliphatic heterocycles. The Balaban J connectivity index is 2.32. The van der Waals surface area contributed by atoms with Gasteiger partial charge in [0.05, 0.1) is 5.56 Å². The molecule has 19 heavy (non-hydrogen) atoms. The largest absolute Gasteiger partial charge is 0.355 e. The lowest BCUT2D eigenvalue weighted by Crippen LogP contribution is -2.45. The van der Waals surface area contributed by atoms with Gasteiger partial charge in [-0.3, -0.25) is 4.79 Å². The summed E-state index contributed by atoms with van der Waals surface area (Å²) in [4.78, 5) is 24.0. The van der Waals surface area contributed by atoms with Crippen molar-refractivity contribution in [3.8, 4) is 0 Å². The SMILES string of the molecule is Cc1nc(Cl)c(C=O)c(N(C)C2CCCN(C)C2)n1. The van der Waals surface area contributed by atoms with Gasteiger partial charge in [0.15, 0.2) is 6.29 Å². The molecule has 0 spiro atoms. The highest BCUT2D eigenvalue weighted by molar-refractivity contribution is 6.32. The Bertz CT molecular complexity index is 480. The number of aromatic nitrogens is 2. The van der Waals surface area contributed by atoms with Crippen LogP contribution in [0.2, 0.25) is 5.15 Å². The standard InChI is InChI=1S/C13H19ClN4O/c1-9-15-12(14)11(8-19)13(16-9)18(3)10-5-4-6-17(2)7-10/h8,10H,4-7H2,1-3H3. The van der Waals surface area contributed by atoms with Gasteiger partial charge < -0.3 is 9.80 Å². The van der Waals surface area contributed by atoms with E-state index in [2.05, 4.69) is 26.8 Å². The number of hydrogen-bond acceptors (Lipinski definition) is 5. The van der Waals surface area contributed by atoms with E-state index in [-0.39, 0.29) is 5.15 Å². The monoisotopic (exact) mass is 282 g/mol. The molecule has 0 amide bonds. The van der Waals surface area contributed by atoms with Gasteiger partial charge in [-0.15, -0.1) is 0 Å². The van der Waals surface area contributed by atoms with Gasteiger partial charge in [-0.25, -0.2) is 9.97 Å². The molecule has 1 fully saturated rings. The fourth-order valence-electron chi connectivity index (χ4n) is 2.53. The maximum atomic E-state index is 11.2. The smallest absolute Gasteiger partial charge is 0.156 e. The molecule has 1 aliphatic rings. The molecule has 6 heteroatoms. The molecular weight excluding hydrogens is 264 g/mol. The predicted molar refractivity (Wildman–Crippen MR) is 76.1 cm³/mol. The van der Waals surface area contributed by atoms with Crippen LogP contribution in [0.1, 0.15) is 29.0 Å². The molecule has 0 aromatic carbocycles. The van der Waals surface area contributed by atoms with Crippen LogP contribution < -0.4 is 4.90 Å². The van der Waals surface area contributed by atoms with E-state index < -0.39 is 0 Å². The van der Waals surface area contributed by atoms with E-state index >= 15 is 0 Å². The molecule has 5 nitrogen and oxygen atoms in total. The molecule has 2 heterocycles. The van der Waals surface area contributed by atoms with Gasteiger partial charge >= 0.3 is 0 Å². The van der Waals surface area contributed by atoms with Gasteiger partial charge in [0.1, 0.15) is 16.8 Å². The number of aryl methyl sites for hydroxylation is 1. The lowest BCUT2D eigenvalue weighted by atomic mass is 10.0. The van der Waals surface area contributed by atoms with Crippen LogP contribution in [0.5, 0.6) is 0 Å². The third-order valence-electron chi connectivity index (χ3n) is 3.59. The van der Waals surface area contributed by atoms with Crippen molar-refractivity contribution in [3.05, 3.63) is 16.5 Å². The highest BCUT2D eigenvalue weighted by Crippen LogP contribution is 2.25. The first-order valence-corrected chi connectivity index (χ1v) is 6.81. The van der Waals surface area contributed by atoms with Crippen molar-refractivity contribution in [1.82, 2.24) is 14.9 Å². The molecule has 1 saturated heterocycles. The molecule has 0 aliphatic carbocycles. The van der Waals surface area contributed by atoms with Crippen molar-refractivity contribution < 1.29 is 4.79 Å². The third-order valence-corrected chi connectivity index (χ3v) is 3.88. The topological polar surface area (TPSA) is 49.3 Å². The van der Waals surface area contributed by atoms with Crippen molar-refractivity contribution in [1.29, 1.82) is 0 Å². The van der Waals surface area contributed by atoms with E-state index in [1.54, 1.807) is 6.92 Å². The Morgan fingerprint density at radius 3 is 2.84 bits per heavy atom. The number of piperidine rings is 1. The number of rotatable bonds is 3. The van der Waals surface area contributed by atoms with Crippen molar-refractivity contribution in [2.24, 2.45) is 0 Å². The van der Waals surface area contributed by atoms with Gasteiger partial charge in [-0.2, -0.15) is 0 Å². The summed E-state index contributed by atoms with van der Waals surface area (Å²) < 4.78 is 0. The summed E-state index contributed by atoms with van der Waals surface area (Å²) in [6.07, 6.45) is 2.99. The number of hydrogen-bond donors (Lipinski definition) is 0. The second-order valence-electron chi connectivity index (χ2n) is 5.09. The highest BCUT2D eigenvalue weighted by atomic mass is 35.5. The van der Waals surface area contributed by atoms with Crippen LogP contribution >= 0.6 is 11.6 Å². The van der Waals surface area contributed by atoms with Crippen molar-refractivity contribution in [2.45, 2.75) is 25.8 Å². The summed E-state index contributed by atoms with van der Waals surface area (Å²) in [5, 5.41) is 0.230. The zero-order valence-corrected chi connectivity index (χ0v) is 12.3. The normalized spacial score (nSPS) is 20.3. The molecule has 1 unspecified atom stereocenters. The fraction of sp³-hybridized carbons (Fsp3) is 0.615. The second kappa shape index (κ2) is 5.84. The summed E-state index contributed by atoms with van der Waals surface area (Å²) in [6, 6.07) is 0.350. The van der Waals surface area contributed by atoms with Gasteiger partial charge in [0.25, 0.3) is 0 Å². The van der Waals surface area contributed by atoms with Crippen LogP contribution in [-0.4, -0.2) is 54.4 Å². The van der Waals surface area contributed by atoms with Gasteiger partial charge in [0, 0.05) is 19.6 Å². The lowest BCUT2D eigenvalue weighted by molar-refractivity contribution is 0.112. The van der Waals surface area contributed by atoms with E-state index in [0.29, 0.717) is 23.2 Å². The van der Waals surface area contributed by atoms with Crippen LogP contribution in [0.25, 0.3) is 0 Å². The predicted octanol–water partition coefficient (Wildman–Crippen LogP) is 1.78. The zero-order valence-electron chi connectivity index (χ0n) is 11.6. The van der Waals surface area contributed by atoms with Crippen molar-refractivity contribution in [2.75, 3.05) is 32.1 Å². The van der Waals surface area contributed by atoms with Crippen molar-refractivity contribution in [3.63, 3.8) is 0 Å². The molecular formula is C13H19ClN4O. The Morgan fingerprint density at radius 2 is 2.21 bits per heavy atom. The number of aldehydes is 1. The summed E-state index contributed by atoms with van der Waals surface area (Å²) in [5.74, 6) is 1.22. The van der Waals surface area contributed by atoms with Gasteiger partial charge in [-0.05, 0) is 33.4 Å². The summed E-state index contributed by atoms with van der Waals surface area (Å²) in [5.41, 5.74) is 0.378. The number of anilines is 1. The van der Waals surface area contributed by atoms with E-state index in [0.717, 1.165) is 32.2 Å². The first-order valence-electron chi connectivity index (χ1n) is 6.43. The Hall–Kier alpha value is -1.20. The van der Waals surface area contributed by atoms with E-state index in [4.69, 9.17) is 11.6 Å². The average Bonchev–Trinajstić information content (AvgIpc) is 2.37. The minimum atomic E-state index is 0.230. The number of likely N-dealkylation sites (N-methyl/N-ethyl adjacent to an activating group) is 2. The van der Waals surface area contributed by atoms with Crippen LogP contribution in [-0.2, 0) is 0 Å². The van der Waals surface area contributed by atoms with Crippen LogP contribution in [0.15, 0.2) is 0 Å². The summed E-state index contributed by atoms with van der Waals surface area (Å²) in [7, 11) is 4.08. The molecule has 0 bridgehead atoms. The van der Waals surface area contributed by atoms with Crippen LogP contribution in [0.4, 0.5) is 5.82 Å². The Morgan fingerprint density at radius 1 is 1.47 bits per heavy atom. The second-order valence-corrected chi connectivity index (χ2v) is 5.44. The number of nitrogens with zero attached hydrogens (tertiary/aromatic N) is 4. The molecule has 1 atom stereocenters. The average molecular weight is 283 g/mol. The molecule has 0 radical (unpaired) electrons. The van der Waals surface area contributed by atoms with Gasteiger partial charge in [-0.1, -0.05) is 11.6 Å². The van der Waals surface area contributed by atoms with E-state index in [9.17, 15) is 4.79 Å². The Kier molecular flexibility index (Phi) is 4.37. The number of carbonyl (C=O) groups is 1. The van der Waals surface area contributed by atoms with Gasteiger partial charge in [0.2, 0.25) is 0 Å². The molecule has 2 rings (SSSR count). The minimum absolute atomic E-state index is 0.230. The lowest BCUT2D eigenvalue weighted by Gasteiger charge is -2.36. The third kappa shape index (κ3) is 3.04. The number of halogens is 1. The minimum Gasteiger partial charge on any atom is -0.355 e. The first-order chi connectivity index (χ1) is 9.02. The van der Waals surface area contributed by atoms with E-state index in [1.165, 1.54) is 0 Å². The fourth-order valence-corrected chi connectivity index (χ4v) is 2.78. The summed E-state index contributed by atoms with van der Waals surface area (Å²) >= 11 is 6.03. The molecule has 0 saturated carbocycles. The Labute approximate surface area is 118 Å². The number of carbonyl (C=O) groups excluding carboxylic acids is 1. The maximum absolute atomic E-state index is 11.2. The molecule has 0 N–H and O–H groups in total. The van der Waals surface area contributed by atoms with Crippen molar-refractivity contribution >= 4 is 23.7 Å². The quantitative estimate of drug-likeness (QED) is 0.625. The van der Waals surface area contributed by atoms with Crippen LogP contribution in [0.3, 0.4) is 0 Å².